The molecule has 0 aliphatic carbocycles. The van der Waals surface area contributed by atoms with Crippen LogP contribution in [0.4, 0.5) is 5.69 Å². The highest BCUT2D eigenvalue weighted by atomic mass is 32.2. The van der Waals surface area contributed by atoms with Gasteiger partial charge in [0, 0.05) is 32.8 Å². The molecule has 1 rings (SSSR count). The van der Waals surface area contributed by atoms with Crippen molar-refractivity contribution in [3.63, 3.8) is 0 Å². The van der Waals surface area contributed by atoms with Crippen molar-refractivity contribution in [2.75, 3.05) is 26.0 Å². The normalized spacial score (nSPS) is 11.7. The average Bonchev–Trinajstić information content (AvgIpc) is 2.38. The molecule has 0 aliphatic heterocycles. The predicted octanol–water partition coefficient (Wildman–Crippen LogP) is 0.956. The molecule has 0 spiro atoms. The molecule has 0 bridgehead atoms. The maximum absolute atomic E-state index is 12.1. The van der Waals surface area contributed by atoms with Crippen molar-refractivity contribution in [2.24, 2.45) is 0 Å². The van der Waals surface area contributed by atoms with E-state index in [-0.39, 0.29) is 23.8 Å². The van der Waals surface area contributed by atoms with Crippen LogP contribution < -0.4 is 5.32 Å². The second-order valence-corrected chi connectivity index (χ2v) is 6.76. The lowest BCUT2D eigenvalue weighted by Gasteiger charge is -2.15. The smallest absolute Gasteiger partial charge is 0.242 e. The molecule has 0 fully saturated rings. The Hall–Kier alpha value is -1.44. The summed E-state index contributed by atoms with van der Waals surface area (Å²) in [6.45, 7) is 1.65. The second kappa shape index (κ2) is 6.83. The summed E-state index contributed by atoms with van der Waals surface area (Å²) in [6.07, 6.45) is 0.570. The molecule has 6 nitrogen and oxygen atoms in total. The summed E-state index contributed by atoms with van der Waals surface area (Å²) in [6, 6.07) is 4.75. The van der Waals surface area contributed by atoms with Gasteiger partial charge in [0.15, 0.2) is 0 Å². The molecule has 0 unspecified atom stereocenters. The summed E-state index contributed by atoms with van der Waals surface area (Å²) in [5.74, 6) is -0.254. The number of aliphatic hydroxyl groups excluding tert-OH is 1. The predicted molar refractivity (Wildman–Crippen MR) is 77.0 cm³/mol. The lowest BCUT2D eigenvalue weighted by Crippen LogP contribution is -2.23. The highest BCUT2D eigenvalue weighted by molar-refractivity contribution is 7.89. The fraction of sp³-hybridized carbons (Fsp3) is 0.462. The maximum atomic E-state index is 12.1. The van der Waals surface area contributed by atoms with Crippen LogP contribution in [-0.4, -0.2) is 44.4 Å². The Bertz CT molecular complexity index is 582. The standard InChI is InChI=1S/C13H20N2O4S/c1-10-6-7-11(14-13(17)5-4-8-16)9-12(10)20(18,19)15(2)3/h6-7,9,16H,4-5,8H2,1-3H3,(H,14,17). The summed E-state index contributed by atoms with van der Waals surface area (Å²) in [7, 11) is -0.622. The number of rotatable bonds is 6. The average molecular weight is 300 g/mol. The van der Waals surface area contributed by atoms with Crippen molar-refractivity contribution >= 4 is 21.6 Å². The van der Waals surface area contributed by atoms with Crippen LogP contribution in [0.15, 0.2) is 23.1 Å². The van der Waals surface area contributed by atoms with Crippen molar-refractivity contribution in [1.82, 2.24) is 4.31 Å². The van der Waals surface area contributed by atoms with Crippen LogP contribution in [0.5, 0.6) is 0 Å². The Morgan fingerprint density at radius 3 is 2.55 bits per heavy atom. The molecule has 1 amide bonds. The third-order valence-corrected chi connectivity index (χ3v) is 4.75. The second-order valence-electron chi connectivity index (χ2n) is 4.64. The fourth-order valence-corrected chi connectivity index (χ4v) is 2.76. The summed E-state index contributed by atoms with van der Waals surface area (Å²) in [5.41, 5.74) is 1.05. The molecule has 112 valence electrons. The van der Waals surface area contributed by atoms with Crippen molar-refractivity contribution < 1.29 is 18.3 Å². The zero-order valence-corrected chi connectivity index (χ0v) is 12.7. The number of sulfonamides is 1. The van der Waals surface area contributed by atoms with E-state index in [4.69, 9.17) is 5.11 Å². The molecule has 0 saturated heterocycles. The van der Waals surface area contributed by atoms with Gasteiger partial charge in [-0.25, -0.2) is 12.7 Å². The number of aliphatic hydroxyl groups is 1. The third kappa shape index (κ3) is 4.03. The van der Waals surface area contributed by atoms with E-state index in [1.54, 1.807) is 19.1 Å². The molecule has 0 heterocycles. The largest absolute Gasteiger partial charge is 0.396 e. The molecule has 0 saturated carbocycles. The van der Waals surface area contributed by atoms with Crippen LogP contribution in [0.1, 0.15) is 18.4 Å². The molecule has 0 atom stereocenters. The Kier molecular flexibility index (Phi) is 5.67. The van der Waals surface area contributed by atoms with Crippen LogP contribution in [0.3, 0.4) is 0 Å². The SMILES string of the molecule is Cc1ccc(NC(=O)CCCO)cc1S(=O)(=O)N(C)C. The van der Waals surface area contributed by atoms with E-state index < -0.39 is 10.0 Å². The van der Waals surface area contributed by atoms with Gasteiger partial charge in [0.05, 0.1) is 4.90 Å². The molecule has 0 aliphatic rings. The number of nitrogens with zero attached hydrogens (tertiary/aromatic N) is 1. The highest BCUT2D eigenvalue weighted by Crippen LogP contribution is 2.22. The van der Waals surface area contributed by atoms with Crippen LogP contribution in [0.25, 0.3) is 0 Å². The van der Waals surface area contributed by atoms with E-state index >= 15 is 0 Å². The van der Waals surface area contributed by atoms with Crippen LogP contribution in [-0.2, 0) is 14.8 Å². The quantitative estimate of drug-likeness (QED) is 0.819. The van der Waals surface area contributed by atoms with Gasteiger partial charge in [0.2, 0.25) is 15.9 Å². The Balaban J connectivity index is 3.01. The van der Waals surface area contributed by atoms with Crippen LogP contribution in [0.2, 0.25) is 0 Å². The van der Waals surface area contributed by atoms with Gasteiger partial charge in [-0.2, -0.15) is 0 Å². The number of hydrogen-bond donors (Lipinski definition) is 2. The number of carbonyl (C=O) groups is 1. The first-order valence-corrected chi connectivity index (χ1v) is 7.67. The minimum atomic E-state index is -3.54. The van der Waals surface area contributed by atoms with Gasteiger partial charge in [0.25, 0.3) is 0 Å². The summed E-state index contributed by atoms with van der Waals surface area (Å²) in [5, 5.41) is 11.3. The first kappa shape index (κ1) is 16.6. The summed E-state index contributed by atoms with van der Waals surface area (Å²) in [4.78, 5) is 11.7. The lowest BCUT2D eigenvalue weighted by atomic mass is 10.2. The first-order chi connectivity index (χ1) is 9.28. The number of aryl methyl sites for hydroxylation is 1. The van der Waals surface area contributed by atoms with Crippen molar-refractivity contribution in [2.45, 2.75) is 24.7 Å². The van der Waals surface area contributed by atoms with Gasteiger partial charge in [-0.05, 0) is 31.0 Å². The molecule has 2 N–H and O–H groups in total. The van der Waals surface area contributed by atoms with E-state index in [0.717, 1.165) is 4.31 Å². The van der Waals surface area contributed by atoms with E-state index in [9.17, 15) is 13.2 Å². The number of nitrogens with one attached hydrogen (secondary N) is 1. The van der Waals surface area contributed by atoms with Crippen molar-refractivity contribution in [1.29, 1.82) is 0 Å². The minimum absolute atomic E-state index is 0.0540. The number of anilines is 1. The molecule has 0 radical (unpaired) electrons. The number of hydrogen-bond acceptors (Lipinski definition) is 4. The van der Waals surface area contributed by atoms with Crippen LogP contribution in [0, 0.1) is 6.92 Å². The third-order valence-electron chi connectivity index (χ3n) is 2.79. The van der Waals surface area contributed by atoms with Gasteiger partial charge in [-0.1, -0.05) is 6.07 Å². The van der Waals surface area contributed by atoms with E-state index in [0.29, 0.717) is 17.7 Å². The summed E-state index contributed by atoms with van der Waals surface area (Å²) < 4.78 is 25.4. The zero-order valence-electron chi connectivity index (χ0n) is 11.9. The van der Waals surface area contributed by atoms with E-state index in [1.165, 1.54) is 20.2 Å². The van der Waals surface area contributed by atoms with Crippen molar-refractivity contribution in [3.8, 4) is 0 Å². The molecular weight excluding hydrogens is 280 g/mol. The Labute approximate surface area is 119 Å². The van der Waals surface area contributed by atoms with E-state index in [2.05, 4.69) is 5.32 Å². The first-order valence-electron chi connectivity index (χ1n) is 6.23. The topological polar surface area (TPSA) is 86.7 Å². The maximum Gasteiger partial charge on any atom is 0.242 e. The lowest BCUT2D eigenvalue weighted by molar-refractivity contribution is -0.116. The minimum Gasteiger partial charge on any atom is -0.396 e. The molecule has 1 aromatic carbocycles. The molecular formula is C13H20N2O4S. The Morgan fingerprint density at radius 2 is 2.00 bits per heavy atom. The highest BCUT2D eigenvalue weighted by Gasteiger charge is 2.20. The van der Waals surface area contributed by atoms with Gasteiger partial charge in [0.1, 0.15) is 0 Å². The zero-order chi connectivity index (χ0) is 15.3. The monoisotopic (exact) mass is 300 g/mol. The molecule has 0 aromatic heterocycles. The summed E-state index contributed by atoms with van der Waals surface area (Å²) >= 11 is 0. The van der Waals surface area contributed by atoms with Gasteiger partial charge in [-0.15, -0.1) is 0 Å². The number of carbonyl (C=O) groups excluding carboxylic acids is 1. The Morgan fingerprint density at radius 1 is 1.35 bits per heavy atom. The molecule has 20 heavy (non-hydrogen) atoms. The van der Waals surface area contributed by atoms with Gasteiger partial charge >= 0.3 is 0 Å². The number of amides is 1. The molecule has 1 aromatic rings. The van der Waals surface area contributed by atoms with Crippen LogP contribution >= 0.6 is 0 Å². The fourth-order valence-electron chi connectivity index (χ4n) is 1.62. The van der Waals surface area contributed by atoms with Crippen molar-refractivity contribution in [3.05, 3.63) is 23.8 Å². The number of benzene rings is 1. The van der Waals surface area contributed by atoms with Gasteiger partial charge in [-0.3, -0.25) is 4.79 Å². The van der Waals surface area contributed by atoms with E-state index in [1.807, 2.05) is 0 Å². The van der Waals surface area contributed by atoms with Gasteiger partial charge < -0.3 is 10.4 Å². The molecule has 7 heteroatoms.